The predicted octanol–water partition coefficient (Wildman–Crippen LogP) is 1.78. The van der Waals surface area contributed by atoms with Gasteiger partial charge in [0.15, 0.2) is 0 Å². The zero-order valence-corrected chi connectivity index (χ0v) is 15.3. The van der Waals surface area contributed by atoms with Gasteiger partial charge in [0.2, 0.25) is 5.91 Å². The van der Waals surface area contributed by atoms with E-state index >= 15 is 0 Å². The number of aliphatic hydroxyl groups excluding tert-OH is 1. The highest BCUT2D eigenvalue weighted by Gasteiger charge is 2.29. The Balaban J connectivity index is 1.49. The topological polar surface area (TPSA) is 55.8 Å². The molecule has 0 unspecified atom stereocenters. The van der Waals surface area contributed by atoms with Gasteiger partial charge in [-0.25, -0.2) is 0 Å². The summed E-state index contributed by atoms with van der Waals surface area (Å²) < 4.78 is 0. The van der Waals surface area contributed by atoms with Crippen LogP contribution >= 0.6 is 0 Å². The van der Waals surface area contributed by atoms with Crippen LogP contribution in [-0.4, -0.2) is 61.3 Å². The molecular formula is C20H31N3O2. The number of likely N-dealkylation sites (tertiary alicyclic amines) is 1. The number of aryl methyl sites for hydroxylation is 1. The molecule has 5 heteroatoms. The minimum atomic E-state index is -0.409. The van der Waals surface area contributed by atoms with E-state index in [2.05, 4.69) is 46.3 Å². The Labute approximate surface area is 151 Å². The molecule has 0 bridgehead atoms. The molecule has 2 N–H and O–H groups in total. The van der Waals surface area contributed by atoms with Crippen molar-refractivity contribution in [2.24, 2.45) is 5.92 Å². The van der Waals surface area contributed by atoms with Crippen molar-refractivity contribution >= 4 is 11.6 Å². The standard InChI is InChI=1S/C20H31N3O2/c1-16-5-2-3-7-19(16)22-11-8-18(9-12-22)23-10-4-6-17(14-23)13-21-20(25)15-24/h2-3,5,7,17-18,24H,4,6,8-15H2,1H3,(H,21,25)/t17-/m0/s1. The lowest BCUT2D eigenvalue weighted by atomic mass is 9.93. The van der Waals surface area contributed by atoms with Crippen LogP contribution in [0.25, 0.3) is 0 Å². The van der Waals surface area contributed by atoms with Gasteiger partial charge in [0.05, 0.1) is 0 Å². The minimum Gasteiger partial charge on any atom is -0.387 e. The van der Waals surface area contributed by atoms with Crippen molar-refractivity contribution in [3.05, 3.63) is 29.8 Å². The van der Waals surface area contributed by atoms with E-state index in [0.29, 0.717) is 18.5 Å². The zero-order valence-electron chi connectivity index (χ0n) is 15.3. The first-order valence-electron chi connectivity index (χ1n) is 9.59. The van der Waals surface area contributed by atoms with E-state index in [-0.39, 0.29) is 5.91 Å². The van der Waals surface area contributed by atoms with E-state index in [0.717, 1.165) is 19.6 Å². The van der Waals surface area contributed by atoms with Gasteiger partial charge < -0.3 is 15.3 Å². The molecule has 5 nitrogen and oxygen atoms in total. The maximum atomic E-state index is 11.3. The number of carbonyl (C=O) groups is 1. The molecule has 2 aliphatic rings. The van der Waals surface area contributed by atoms with Gasteiger partial charge in [0, 0.05) is 37.9 Å². The molecule has 0 radical (unpaired) electrons. The van der Waals surface area contributed by atoms with Crippen molar-refractivity contribution in [2.75, 3.05) is 44.2 Å². The van der Waals surface area contributed by atoms with Crippen molar-refractivity contribution in [1.29, 1.82) is 0 Å². The van der Waals surface area contributed by atoms with Crippen LogP contribution < -0.4 is 10.2 Å². The Morgan fingerprint density at radius 2 is 1.96 bits per heavy atom. The van der Waals surface area contributed by atoms with Gasteiger partial charge in [-0.15, -0.1) is 0 Å². The monoisotopic (exact) mass is 345 g/mol. The Morgan fingerprint density at radius 3 is 2.68 bits per heavy atom. The van der Waals surface area contributed by atoms with Crippen molar-refractivity contribution < 1.29 is 9.90 Å². The fourth-order valence-electron chi connectivity index (χ4n) is 4.30. The van der Waals surface area contributed by atoms with Crippen LogP contribution in [0.1, 0.15) is 31.2 Å². The van der Waals surface area contributed by atoms with Crippen molar-refractivity contribution in [3.8, 4) is 0 Å². The van der Waals surface area contributed by atoms with Crippen LogP contribution in [0.4, 0.5) is 5.69 Å². The summed E-state index contributed by atoms with van der Waals surface area (Å²) in [6.45, 7) is 6.97. The van der Waals surface area contributed by atoms with E-state index in [1.807, 2.05) is 0 Å². The Kier molecular flexibility index (Phi) is 6.32. The van der Waals surface area contributed by atoms with Crippen LogP contribution in [0.2, 0.25) is 0 Å². The average Bonchev–Trinajstić information content (AvgIpc) is 2.67. The number of hydrogen-bond acceptors (Lipinski definition) is 4. The number of aliphatic hydroxyl groups is 1. The van der Waals surface area contributed by atoms with E-state index in [1.54, 1.807) is 0 Å². The molecule has 0 saturated carbocycles. The van der Waals surface area contributed by atoms with Gasteiger partial charge in [-0.1, -0.05) is 18.2 Å². The largest absolute Gasteiger partial charge is 0.387 e. The minimum absolute atomic E-state index is 0.260. The van der Waals surface area contributed by atoms with Gasteiger partial charge in [-0.3, -0.25) is 9.69 Å². The first-order chi connectivity index (χ1) is 12.2. The molecule has 1 amide bonds. The van der Waals surface area contributed by atoms with E-state index in [9.17, 15) is 4.79 Å². The molecule has 0 aliphatic carbocycles. The fourth-order valence-corrected chi connectivity index (χ4v) is 4.30. The fraction of sp³-hybridized carbons (Fsp3) is 0.650. The Morgan fingerprint density at radius 1 is 1.20 bits per heavy atom. The van der Waals surface area contributed by atoms with Crippen LogP contribution in [0, 0.1) is 12.8 Å². The second kappa shape index (κ2) is 8.68. The van der Waals surface area contributed by atoms with Crippen molar-refractivity contribution in [3.63, 3.8) is 0 Å². The maximum absolute atomic E-state index is 11.3. The maximum Gasteiger partial charge on any atom is 0.245 e. The van der Waals surface area contributed by atoms with Crippen molar-refractivity contribution in [1.82, 2.24) is 10.2 Å². The highest BCUT2D eigenvalue weighted by atomic mass is 16.3. The van der Waals surface area contributed by atoms with Gasteiger partial charge in [-0.2, -0.15) is 0 Å². The molecule has 138 valence electrons. The lowest BCUT2D eigenvalue weighted by Gasteiger charge is -2.43. The quantitative estimate of drug-likeness (QED) is 0.854. The summed E-state index contributed by atoms with van der Waals surface area (Å²) in [5, 5.41) is 11.7. The third-order valence-electron chi connectivity index (χ3n) is 5.72. The van der Waals surface area contributed by atoms with Gasteiger partial charge in [-0.05, 0) is 56.7 Å². The summed E-state index contributed by atoms with van der Waals surface area (Å²) in [5.41, 5.74) is 2.74. The Bertz CT molecular complexity index is 570. The number of hydrogen-bond donors (Lipinski definition) is 2. The highest BCUT2D eigenvalue weighted by Crippen LogP contribution is 2.27. The van der Waals surface area contributed by atoms with Gasteiger partial charge >= 0.3 is 0 Å². The molecular weight excluding hydrogens is 314 g/mol. The van der Waals surface area contributed by atoms with Crippen molar-refractivity contribution in [2.45, 2.75) is 38.6 Å². The van der Waals surface area contributed by atoms with Crippen LogP contribution in [0.5, 0.6) is 0 Å². The smallest absolute Gasteiger partial charge is 0.245 e. The molecule has 2 heterocycles. The molecule has 25 heavy (non-hydrogen) atoms. The lowest BCUT2D eigenvalue weighted by molar-refractivity contribution is -0.124. The molecule has 2 aliphatic heterocycles. The number of amides is 1. The second-order valence-electron chi connectivity index (χ2n) is 7.47. The molecule has 3 rings (SSSR count). The number of nitrogens with one attached hydrogen (secondary N) is 1. The van der Waals surface area contributed by atoms with Crippen LogP contribution in [0.15, 0.2) is 24.3 Å². The third kappa shape index (κ3) is 4.73. The predicted molar refractivity (Wildman–Crippen MR) is 101 cm³/mol. The molecule has 1 atom stereocenters. The Hall–Kier alpha value is -1.59. The number of nitrogens with zero attached hydrogens (tertiary/aromatic N) is 2. The molecule has 1 aromatic rings. The highest BCUT2D eigenvalue weighted by molar-refractivity contribution is 5.76. The van der Waals surface area contributed by atoms with Crippen LogP contribution in [-0.2, 0) is 4.79 Å². The van der Waals surface area contributed by atoms with Gasteiger partial charge in [0.1, 0.15) is 6.61 Å². The lowest BCUT2D eigenvalue weighted by Crippen LogP contribution is -2.50. The molecule has 1 aromatic carbocycles. The number of anilines is 1. The number of para-hydroxylation sites is 1. The second-order valence-corrected chi connectivity index (χ2v) is 7.47. The average molecular weight is 345 g/mol. The van der Waals surface area contributed by atoms with Crippen LogP contribution in [0.3, 0.4) is 0 Å². The molecule has 2 saturated heterocycles. The SMILES string of the molecule is Cc1ccccc1N1CCC(N2CCC[C@@H](CNC(=O)CO)C2)CC1. The van der Waals surface area contributed by atoms with E-state index in [4.69, 9.17) is 5.11 Å². The first kappa shape index (κ1) is 18.2. The summed E-state index contributed by atoms with van der Waals surface area (Å²) in [5.74, 6) is 0.252. The summed E-state index contributed by atoms with van der Waals surface area (Å²) >= 11 is 0. The van der Waals surface area contributed by atoms with E-state index < -0.39 is 6.61 Å². The first-order valence-corrected chi connectivity index (χ1v) is 9.59. The molecule has 0 aromatic heterocycles. The third-order valence-corrected chi connectivity index (χ3v) is 5.72. The normalized spacial score (nSPS) is 22.8. The molecule has 0 spiro atoms. The van der Waals surface area contributed by atoms with E-state index in [1.165, 1.54) is 43.5 Å². The summed E-state index contributed by atoms with van der Waals surface area (Å²) in [4.78, 5) is 16.4. The summed E-state index contributed by atoms with van der Waals surface area (Å²) in [7, 11) is 0. The zero-order chi connectivity index (χ0) is 17.6. The number of piperidine rings is 2. The number of carbonyl (C=O) groups excluding carboxylic acids is 1. The summed E-state index contributed by atoms with van der Waals surface area (Å²) in [6.07, 6.45) is 4.80. The van der Waals surface area contributed by atoms with Gasteiger partial charge in [0.25, 0.3) is 0 Å². The summed E-state index contributed by atoms with van der Waals surface area (Å²) in [6, 6.07) is 9.32. The number of rotatable bonds is 5. The molecule has 2 fully saturated rings. The number of benzene rings is 1.